The van der Waals surface area contributed by atoms with Crippen molar-refractivity contribution in [1.82, 2.24) is 4.90 Å². The van der Waals surface area contributed by atoms with Crippen LogP contribution in [0.25, 0.3) is 0 Å². The number of nitrogens with zero attached hydrogens (tertiary/aromatic N) is 1. The molecule has 0 N–H and O–H groups in total. The Bertz CT molecular complexity index is 139. The molecule has 1 heterocycles. The Hall–Kier alpha value is -0.180. The third-order valence-electron chi connectivity index (χ3n) is 2.17. The van der Waals surface area contributed by atoms with Gasteiger partial charge < -0.3 is 4.90 Å². The molecule has 0 radical (unpaired) electrons. The first kappa shape index (κ1) is 7.92. The molecule has 58 valence electrons. The number of likely N-dealkylation sites (tertiary alicyclic amines) is 1. The van der Waals surface area contributed by atoms with Crippen LogP contribution in [0.3, 0.4) is 0 Å². The summed E-state index contributed by atoms with van der Waals surface area (Å²) in [6, 6.07) is 0.778. The van der Waals surface area contributed by atoms with Crippen LogP contribution < -0.4 is 0 Å². The second-order valence-electron chi connectivity index (χ2n) is 2.97. The second kappa shape index (κ2) is 2.82. The lowest BCUT2D eigenvalue weighted by Gasteiger charge is -2.23. The SMILES string of the molecule is C[C@@H]1CC[C@@H](C)N1C(=O)S. The summed E-state index contributed by atoms with van der Waals surface area (Å²) in [6.07, 6.45) is 2.24. The van der Waals surface area contributed by atoms with E-state index in [0.29, 0.717) is 12.1 Å². The van der Waals surface area contributed by atoms with Gasteiger partial charge >= 0.3 is 0 Å². The summed E-state index contributed by atoms with van der Waals surface area (Å²) < 4.78 is 0. The smallest absolute Gasteiger partial charge is 0.279 e. The van der Waals surface area contributed by atoms with Crippen LogP contribution >= 0.6 is 12.6 Å². The third-order valence-corrected chi connectivity index (χ3v) is 2.40. The highest BCUT2D eigenvalue weighted by Gasteiger charge is 2.29. The monoisotopic (exact) mass is 159 g/mol. The van der Waals surface area contributed by atoms with Crippen LogP contribution in [0.4, 0.5) is 4.79 Å². The number of carbonyl (C=O) groups is 1. The van der Waals surface area contributed by atoms with Gasteiger partial charge in [0.2, 0.25) is 0 Å². The first-order valence-corrected chi connectivity index (χ1v) is 4.09. The molecule has 1 amide bonds. The predicted octanol–water partition coefficient (Wildman–Crippen LogP) is 1.91. The van der Waals surface area contributed by atoms with Crippen molar-refractivity contribution < 1.29 is 4.79 Å². The Kier molecular flexibility index (Phi) is 2.24. The number of carbonyl (C=O) groups excluding carboxylic acids is 1. The zero-order chi connectivity index (χ0) is 7.72. The van der Waals surface area contributed by atoms with Crippen molar-refractivity contribution in [3.63, 3.8) is 0 Å². The topological polar surface area (TPSA) is 20.3 Å². The minimum atomic E-state index is -0.0856. The van der Waals surface area contributed by atoms with Crippen molar-refractivity contribution in [2.24, 2.45) is 0 Å². The van der Waals surface area contributed by atoms with E-state index in [1.165, 1.54) is 0 Å². The summed E-state index contributed by atoms with van der Waals surface area (Å²) in [7, 11) is 0. The average Bonchev–Trinajstić information content (AvgIpc) is 2.11. The van der Waals surface area contributed by atoms with E-state index in [2.05, 4.69) is 26.5 Å². The third kappa shape index (κ3) is 1.29. The Morgan fingerprint density at radius 2 is 1.80 bits per heavy atom. The van der Waals surface area contributed by atoms with Gasteiger partial charge in [0.05, 0.1) is 0 Å². The maximum absolute atomic E-state index is 10.9. The average molecular weight is 159 g/mol. The van der Waals surface area contributed by atoms with E-state index in [1.54, 1.807) is 0 Å². The molecule has 0 aromatic carbocycles. The lowest BCUT2D eigenvalue weighted by Crippen LogP contribution is -2.34. The van der Waals surface area contributed by atoms with E-state index in [1.807, 2.05) is 4.90 Å². The van der Waals surface area contributed by atoms with Gasteiger partial charge in [-0.1, -0.05) is 12.6 Å². The largest absolute Gasteiger partial charge is 0.328 e. The molecule has 0 aromatic rings. The summed E-state index contributed by atoms with van der Waals surface area (Å²) in [4.78, 5) is 12.7. The number of rotatable bonds is 0. The number of hydrogen-bond donors (Lipinski definition) is 1. The first-order valence-electron chi connectivity index (χ1n) is 3.64. The van der Waals surface area contributed by atoms with Gasteiger partial charge in [0.15, 0.2) is 0 Å². The van der Waals surface area contributed by atoms with Crippen LogP contribution in [-0.2, 0) is 0 Å². The molecule has 1 aliphatic rings. The van der Waals surface area contributed by atoms with E-state index in [0.717, 1.165) is 12.8 Å². The van der Waals surface area contributed by atoms with Gasteiger partial charge in [-0.05, 0) is 26.7 Å². The van der Waals surface area contributed by atoms with Crippen molar-refractivity contribution >= 4 is 17.9 Å². The van der Waals surface area contributed by atoms with E-state index in [-0.39, 0.29) is 5.24 Å². The Balaban J connectivity index is 2.63. The van der Waals surface area contributed by atoms with E-state index in [9.17, 15) is 4.79 Å². The maximum Gasteiger partial charge on any atom is 0.279 e. The predicted molar refractivity (Wildman–Crippen MR) is 44.4 cm³/mol. The molecule has 2 atom stereocenters. The highest BCUT2D eigenvalue weighted by molar-refractivity contribution is 7.96. The fourth-order valence-corrected chi connectivity index (χ4v) is 1.97. The Labute approximate surface area is 67.0 Å². The van der Waals surface area contributed by atoms with Crippen molar-refractivity contribution in [1.29, 1.82) is 0 Å². The molecule has 3 heteroatoms. The van der Waals surface area contributed by atoms with E-state index in [4.69, 9.17) is 0 Å². The van der Waals surface area contributed by atoms with Crippen LogP contribution in [-0.4, -0.2) is 22.2 Å². The minimum Gasteiger partial charge on any atom is -0.328 e. The number of thiol groups is 1. The van der Waals surface area contributed by atoms with Gasteiger partial charge in [-0.25, -0.2) is 0 Å². The first-order chi connectivity index (χ1) is 4.63. The molecule has 2 nitrogen and oxygen atoms in total. The maximum atomic E-state index is 10.9. The molecule has 0 spiro atoms. The fourth-order valence-electron chi connectivity index (χ4n) is 1.57. The molecule has 0 aromatic heterocycles. The Morgan fingerprint density at radius 1 is 1.40 bits per heavy atom. The minimum absolute atomic E-state index is 0.0856. The molecule has 1 saturated heterocycles. The molecule has 0 saturated carbocycles. The zero-order valence-corrected chi connectivity index (χ0v) is 7.27. The van der Waals surface area contributed by atoms with Crippen molar-refractivity contribution in [3.05, 3.63) is 0 Å². The van der Waals surface area contributed by atoms with Gasteiger partial charge in [0.25, 0.3) is 5.24 Å². The van der Waals surface area contributed by atoms with Crippen LogP contribution in [0.2, 0.25) is 0 Å². The van der Waals surface area contributed by atoms with Gasteiger partial charge in [0.1, 0.15) is 0 Å². The quantitative estimate of drug-likeness (QED) is 0.535. The summed E-state index contributed by atoms with van der Waals surface area (Å²) in [6.45, 7) is 4.13. The second-order valence-corrected chi connectivity index (χ2v) is 3.35. The highest BCUT2D eigenvalue weighted by atomic mass is 32.1. The molecule has 0 aliphatic carbocycles. The van der Waals surface area contributed by atoms with Crippen LogP contribution in [0, 0.1) is 0 Å². The summed E-state index contributed by atoms with van der Waals surface area (Å²) in [5.74, 6) is 0. The standard InChI is InChI=1S/C7H13NOS/c1-5-3-4-6(2)8(5)7(9)10/h5-6H,3-4H2,1-2H3,(H,9,10)/t5-,6-/m1/s1. The normalized spacial score (nSPS) is 32.9. The summed E-state index contributed by atoms with van der Waals surface area (Å²) >= 11 is 3.80. The van der Waals surface area contributed by atoms with Crippen molar-refractivity contribution in [2.75, 3.05) is 0 Å². The molecular formula is C7H13NOS. The van der Waals surface area contributed by atoms with Crippen LogP contribution in [0.1, 0.15) is 26.7 Å². The lowest BCUT2D eigenvalue weighted by molar-refractivity contribution is 0.206. The molecule has 1 rings (SSSR count). The Morgan fingerprint density at radius 3 is 2.00 bits per heavy atom. The zero-order valence-electron chi connectivity index (χ0n) is 6.37. The van der Waals surface area contributed by atoms with Gasteiger partial charge in [-0.15, -0.1) is 0 Å². The van der Waals surface area contributed by atoms with Crippen LogP contribution in [0.5, 0.6) is 0 Å². The molecule has 1 fully saturated rings. The molecular weight excluding hydrogens is 146 g/mol. The van der Waals surface area contributed by atoms with Crippen LogP contribution in [0.15, 0.2) is 0 Å². The summed E-state index contributed by atoms with van der Waals surface area (Å²) in [5.41, 5.74) is 0. The molecule has 1 aliphatic heterocycles. The number of hydrogen-bond acceptors (Lipinski definition) is 1. The molecule has 10 heavy (non-hydrogen) atoms. The highest BCUT2D eigenvalue weighted by Crippen LogP contribution is 2.24. The number of amides is 1. The summed E-state index contributed by atoms with van der Waals surface area (Å²) in [5, 5.41) is -0.0856. The van der Waals surface area contributed by atoms with Gasteiger partial charge in [0, 0.05) is 12.1 Å². The van der Waals surface area contributed by atoms with E-state index < -0.39 is 0 Å². The fraction of sp³-hybridized carbons (Fsp3) is 0.857. The van der Waals surface area contributed by atoms with Gasteiger partial charge in [-0.2, -0.15) is 0 Å². The van der Waals surface area contributed by atoms with Gasteiger partial charge in [-0.3, -0.25) is 4.79 Å². The van der Waals surface area contributed by atoms with Crippen molar-refractivity contribution in [2.45, 2.75) is 38.8 Å². The molecule has 0 bridgehead atoms. The van der Waals surface area contributed by atoms with E-state index >= 15 is 0 Å². The van der Waals surface area contributed by atoms with Crippen molar-refractivity contribution in [3.8, 4) is 0 Å². The molecule has 0 unspecified atom stereocenters. The lowest BCUT2D eigenvalue weighted by atomic mass is 10.2.